The molecule has 1 aliphatic rings. The number of likely N-dealkylation sites (tertiary alicyclic amines) is 1. The summed E-state index contributed by atoms with van der Waals surface area (Å²) in [5.74, 6) is -5.84. The van der Waals surface area contributed by atoms with Crippen LogP contribution in [0.4, 0.5) is 0 Å². The van der Waals surface area contributed by atoms with E-state index >= 15 is 0 Å². The van der Waals surface area contributed by atoms with Crippen molar-refractivity contribution in [2.45, 2.75) is 50.2 Å². The molecule has 1 fully saturated rings. The summed E-state index contributed by atoms with van der Waals surface area (Å²) < 4.78 is 0. The second-order valence-electron chi connectivity index (χ2n) is 6.52. The predicted octanol–water partition coefficient (Wildman–Crippen LogP) is -3.27. The highest BCUT2D eigenvalue weighted by atomic mass is 16.4. The number of hydrogen-bond acceptors (Lipinski definition) is 7. The van der Waals surface area contributed by atoms with Gasteiger partial charge in [0.2, 0.25) is 23.6 Å². The molecule has 0 aliphatic carbocycles. The summed E-state index contributed by atoms with van der Waals surface area (Å²) in [6.45, 7) is -0.331. The molecule has 0 aromatic carbocycles. The molecule has 8 N–H and O–H groups in total. The van der Waals surface area contributed by atoms with Crippen LogP contribution in [-0.4, -0.2) is 81.9 Å². The summed E-state index contributed by atoms with van der Waals surface area (Å²) >= 11 is 0. The SMILES string of the molecule is NCC(=O)N[C@@H](CCC(N)=O)C(=O)N[C@@H](CC(=O)O)C(=O)N1CCC[C@@H]1C(=O)O. The van der Waals surface area contributed by atoms with E-state index in [9.17, 15) is 33.9 Å². The van der Waals surface area contributed by atoms with Crippen LogP contribution < -0.4 is 22.1 Å². The van der Waals surface area contributed by atoms with E-state index in [0.717, 1.165) is 4.90 Å². The van der Waals surface area contributed by atoms with Crippen LogP contribution in [0.3, 0.4) is 0 Å². The number of carbonyl (C=O) groups excluding carboxylic acids is 4. The Labute approximate surface area is 165 Å². The summed E-state index contributed by atoms with van der Waals surface area (Å²) in [4.78, 5) is 71.2. The molecule has 162 valence electrons. The molecule has 3 atom stereocenters. The van der Waals surface area contributed by atoms with Gasteiger partial charge in [-0.2, -0.15) is 0 Å². The first-order valence-electron chi connectivity index (χ1n) is 8.90. The van der Waals surface area contributed by atoms with Crippen LogP contribution in [0.1, 0.15) is 32.1 Å². The fraction of sp³-hybridized carbons (Fsp3) is 0.625. The summed E-state index contributed by atoms with van der Waals surface area (Å²) in [7, 11) is 0. The first kappa shape index (κ1) is 23.8. The van der Waals surface area contributed by atoms with Crippen molar-refractivity contribution in [2.75, 3.05) is 13.1 Å². The van der Waals surface area contributed by atoms with Crippen LogP contribution in [0.25, 0.3) is 0 Å². The molecule has 29 heavy (non-hydrogen) atoms. The first-order chi connectivity index (χ1) is 13.6. The average molecular weight is 415 g/mol. The normalized spacial score (nSPS) is 17.8. The molecule has 13 nitrogen and oxygen atoms in total. The Morgan fingerprint density at radius 3 is 2.24 bits per heavy atom. The first-order valence-corrected chi connectivity index (χ1v) is 8.90. The lowest BCUT2D eigenvalue weighted by atomic mass is 10.1. The Balaban J connectivity index is 2.97. The van der Waals surface area contributed by atoms with Gasteiger partial charge in [0.05, 0.1) is 13.0 Å². The van der Waals surface area contributed by atoms with Gasteiger partial charge in [-0.05, 0) is 19.3 Å². The molecule has 0 bridgehead atoms. The van der Waals surface area contributed by atoms with Crippen molar-refractivity contribution in [3.8, 4) is 0 Å². The van der Waals surface area contributed by atoms with E-state index < -0.39 is 66.7 Å². The van der Waals surface area contributed by atoms with E-state index in [0.29, 0.717) is 6.42 Å². The van der Waals surface area contributed by atoms with Crippen LogP contribution in [0, 0.1) is 0 Å². The number of carboxylic acid groups (broad SMARTS) is 2. The highest BCUT2D eigenvalue weighted by molar-refractivity contribution is 5.95. The average Bonchev–Trinajstić information content (AvgIpc) is 3.13. The number of carbonyl (C=O) groups is 6. The van der Waals surface area contributed by atoms with Crippen molar-refractivity contribution in [1.29, 1.82) is 0 Å². The number of primary amides is 1. The Kier molecular flexibility index (Phi) is 8.99. The zero-order valence-electron chi connectivity index (χ0n) is 15.6. The van der Waals surface area contributed by atoms with Crippen molar-refractivity contribution < 1.29 is 39.0 Å². The van der Waals surface area contributed by atoms with E-state index in [1.54, 1.807) is 0 Å². The number of hydrogen-bond donors (Lipinski definition) is 6. The third kappa shape index (κ3) is 7.37. The molecule has 0 aromatic heterocycles. The van der Waals surface area contributed by atoms with Gasteiger partial charge in [0.25, 0.3) is 0 Å². The quantitative estimate of drug-likeness (QED) is 0.199. The number of amides is 4. The minimum atomic E-state index is -1.55. The van der Waals surface area contributed by atoms with E-state index in [1.165, 1.54) is 0 Å². The van der Waals surface area contributed by atoms with Gasteiger partial charge in [0, 0.05) is 13.0 Å². The molecule has 0 unspecified atom stereocenters. The summed E-state index contributed by atoms with van der Waals surface area (Å²) in [5, 5.41) is 22.8. The van der Waals surface area contributed by atoms with E-state index in [2.05, 4.69) is 10.6 Å². The molecule has 1 aliphatic heterocycles. The molecule has 0 saturated carbocycles. The maximum absolute atomic E-state index is 12.7. The van der Waals surface area contributed by atoms with Crippen molar-refractivity contribution in [2.24, 2.45) is 11.5 Å². The molecular formula is C16H25N5O8. The Morgan fingerprint density at radius 1 is 1.07 bits per heavy atom. The zero-order chi connectivity index (χ0) is 22.1. The Bertz CT molecular complexity index is 682. The number of nitrogens with zero attached hydrogens (tertiary/aromatic N) is 1. The largest absolute Gasteiger partial charge is 0.481 e. The van der Waals surface area contributed by atoms with Crippen molar-refractivity contribution in [1.82, 2.24) is 15.5 Å². The smallest absolute Gasteiger partial charge is 0.326 e. The van der Waals surface area contributed by atoms with Crippen molar-refractivity contribution in [3.05, 3.63) is 0 Å². The molecule has 0 radical (unpaired) electrons. The maximum Gasteiger partial charge on any atom is 0.326 e. The number of carboxylic acids is 2. The minimum Gasteiger partial charge on any atom is -0.481 e. The fourth-order valence-electron chi connectivity index (χ4n) is 2.94. The van der Waals surface area contributed by atoms with Gasteiger partial charge in [-0.25, -0.2) is 4.79 Å². The summed E-state index contributed by atoms with van der Waals surface area (Å²) in [5.41, 5.74) is 10.2. The van der Waals surface area contributed by atoms with Crippen LogP contribution in [0.5, 0.6) is 0 Å². The Hall–Kier alpha value is -3.22. The van der Waals surface area contributed by atoms with Gasteiger partial charge in [-0.1, -0.05) is 0 Å². The second-order valence-corrected chi connectivity index (χ2v) is 6.52. The number of aliphatic carboxylic acids is 2. The zero-order valence-corrected chi connectivity index (χ0v) is 15.6. The standard InChI is InChI=1S/C16H25N5O8/c17-7-12(23)19-8(3-4-11(18)22)14(26)20-9(6-13(24)25)15(27)21-5-1-2-10(21)16(28)29/h8-10H,1-7,17H2,(H2,18,22)(H,19,23)(H,20,26)(H,24,25)(H,28,29)/t8-,9-,10+/m0/s1. The number of rotatable bonds is 11. The number of nitrogens with two attached hydrogens (primary N) is 2. The van der Waals surface area contributed by atoms with Gasteiger partial charge < -0.3 is 37.2 Å². The third-order valence-electron chi connectivity index (χ3n) is 4.33. The summed E-state index contributed by atoms with van der Waals surface area (Å²) in [6, 6.07) is -3.94. The highest BCUT2D eigenvalue weighted by Crippen LogP contribution is 2.19. The molecule has 1 heterocycles. The molecular weight excluding hydrogens is 390 g/mol. The van der Waals surface area contributed by atoms with Gasteiger partial charge in [-0.3, -0.25) is 24.0 Å². The lowest BCUT2D eigenvalue weighted by Gasteiger charge is -2.28. The molecule has 13 heteroatoms. The van der Waals surface area contributed by atoms with Gasteiger partial charge in [0.15, 0.2) is 0 Å². The lowest BCUT2D eigenvalue weighted by Crippen LogP contribution is -2.56. The van der Waals surface area contributed by atoms with Gasteiger partial charge in [-0.15, -0.1) is 0 Å². The summed E-state index contributed by atoms with van der Waals surface area (Å²) in [6.07, 6.45) is -0.607. The molecule has 1 rings (SSSR count). The molecule has 4 amide bonds. The minimum absolute atomic E-state index is 0.108. The predicted molar refractivity (Wildman–Crippen MR) is 96.0 cm³/mol. The van der Waals surface area contributed by atoms with Crippen molar-refractivity contribution in [3.63, 3.8) is 0 Å². The van der Waals surface area contributed by atoms with E-state index in [1.807, 2.05) is 0 Å². The topological polar surface area (TPSA) is 222 Å². The fourth-order valence-corrected chi connectivity index (χ4v) is 2.94. The van der Waals surface area contributed by atoms with Gasteiger partial charge >= 0.3 is 11.9 Å². The van der Waals surface area contributed by atoms with Crippen LogP contribution in [0.2, 0.25) is 0 Å². The maximum atomic E-state index is 12.7. The third-order valence-corrected chi connectivity index (χ3v) is 4.33. The van der Waals surface area contributed by atoms with Crippen LogP contribution >= 0.6 is 0 Å². The molecule has 0 aromatic rings. The van der Waals surface area contributed by atoms with E-state index in [4.69, 9.17) is 16.6 Å². The lowest BCUT2D eigenvalue weighted by molar-refractivity contribution is -0.150. The second kappa shape index (κ2) is 10.9. The monoisotopic (exact) mass is 415 g/mol. The molecule has 1 saturated heterocycles. The van der Waals surface area contributed by atoms with E-state index in [-0.39, 0.29) is 25.8 Å². The number of nitrogens with one attached hydrogen (secondary N) is 2. The van der Waals surface area contributed by atoms with Crippen molar-refractivity contribution >= 4 is 35.6 Å². The van der Waals surface area contributed by atoms with Crippen LogP contribution in [-0.2, 0) is 28.8 Å². The Morgan fingerprint density at radius 2 is 1.72 bits per heavy atom. The molecule has 0 spiro atoms. The van der Waals surface area contributed by atoms with Crippen LogP contribution in [0.15, 0.2) is 0 Å². The highest BCUT2D eigenvalue weighted by Gasteiger charge is 2.39. The van der Waals surface area contributed by atoms with Gasteiger partial charge in [0.1, 0.15) is 18.1 Å².